The van der Waals surface area contributed by atoms with E-state index in [4.69, 9.17) is 11.6 Å². The fraction of sp³-hybridized carbons (Fsp3) is 0. The van der Waals surface area contributed by atoms with E-state index in [-0.39, 0.29) is 5.00 Å². The summed E-state index contributed by atoms with van der Waals surface area (Å²) in [6, 6.07) is 10.4. The maximum absolute atomic E-state index is 10.7. The number of aromatic nitrogens is 2. The van der Waals surface area contributed by atoms with Gasteiger partial charge in [0.25, 0.3) is 0 Å². The quantitative estimate of drug-likeness (QED) is 0.408. The summed E-state index contributed by atoms with van der Waals surface area (Å²) >= 11 is 7.13. The van der Waals surface area contributed by atoms with E-state index < -0.39 is 4.92 Å². The average Bonchev–Trinajstić information content (AvgIpc) is 2.88. The Morgan fingerprint density at radius 3 is 2.68 bits per heavy atom. The molecular formula is C12H6ClN3O2S. The van der Waals surface area contributed by atoms with E-state index >= 15 is 0 Å². The van der Waals surface area contributed by atoms with Gasteiger partial charge in [-0.25, -0.2) is 9.97 Å². The van der Waals surface area contributed by atoms with Gasteiger partial charge in [0.2, 0.25) is 0 Å². The monoisotopic (exact) mass is 291 g/mol. The lowest BCUT2D eigenvalue weighted by Gasteiger charge is -2.01. The van der Waals surface area contributed by atoms with Crippen LogP contribution in [0, 0.1) is 10.1 Å². The van der Waals surface area contributed by atoms with Crippen molar-refractivity contribution in [2.24, 2.45) is 0 Å². The lowest BCUT2D eigenvalue weighted by atomic mass is 10.2. The van der Waals surface area contributed by atoms with Crippen molar-refractivity contribution < 1.29 is 4.92 Å². The summed E-state index contributed by atoms with van der Waals surface area (Å²) in [7, 11) is 0. The minimum Gasteiger partial charge on any atom is -0.258 e. The zero-order valence-corrected chi connectivity index (χ0v) is 11.0. The van der Waals surface area contributed by atoms with Gasteiger partial charge in [-0.05, 0) is 18.2 Å². The van der Waals surface area contributed by atoms with Crippen LogP contribution < -0.4 is 0 Å². The van der Waals surface area contributed by atoms with Gasteiger partial charge in [-0.1, -0.05) is 35.1 Å². The minimum atomic E-state index is -0.434. The van der Waals surface area contributed by atoms with Crippen LogP contribution in [-0.4, -0.2) is 14.9 Å². The average molecular weight is 292 g/mol. The van der Waals surface area contributed by atoms with Crippen LogP contribution in [0.3, 0.4) is 0 Å². The third-order valence-corrected chi connectivity index (χ3v) is 3.87. The van der Waals surface area contributed by atoms with Gasteiger partial charge in [-0.2, -0.15) is 0 Å². The summed E-state index contributed by atoms with van der Waals surface area (Å²) in [6.07, 6.45) is 0. The zero-order chi connectivity index (χ0) is 13.4. The second kappa shape index (κ2) is 4.56. The Morgan fingerprint density at radius 1 is 1.16 bits per heavy atom. The van der Waals surface area contributed by atoms with Crippen molar-refractivity contribution >= 4 is 38.8 Å². The Balaban J connectivity index is 2.16. The molecule has 0 saturated carbocycles. The predicted molar refractivity (Wildman–Crippen MR) is 74.5 cm³/mol. The third-order valence-electron chi connectivity index (χ3n) is 2.55. The van der Waals surface area contributed by atoms with Gasteiger partial charge < -0.3 is 0 Å². The highest BCUT2D eigenvalue weighted by molar-refractivity contribution is 7.18. The molecule has 0 radical (unpaired) electrons. The highest BCUT2D eigenvalue weighted by Crippen LogP contribution is 2.32. The van der Waals surface area contributed by atoms with Gasteiger partial charge in [0.05, 0.1) is 15.3 Å². The molecule has 0 spiro atoms. The van der Waals surface area contributed by atoms with Crippen LogP contribution in [0.15, 0.2) is 36.4 Å². The van der Waals surface area contributed by atoms with Crippen molar-refractivity contribution in [3.8, 4) is 10.7 Å². The van der Waals surface area contributed by atoms with Gasteiger partial charge in [0, 0.05) is 11.5 Å². The van der Waals surface area contributed by atoms with Crippen molar-refractivity contribution in [1.29, 1.82) is 0 Å². The minimum absolute atomic E-state index is 0.0582. The van der Waals surface area contributed by atoms with E-state index in [0.29, 0.717) is 21.4 Å². The number of rotatable bonds is 2. The number of benzene rings is 1. The number of nitrogens with zero attached hydrogens (tertiary/aromatic N) is 3. The fourth-order valence-corrected chi connectivity index (χ4v) is 2.69. The molecule has 0 saturated heterocycles. The van der Waals surface area contributed by atoms with Crippen LogP contribution in [0.2, 0.25) is 5.15 Å². The van der Waals surface area contributed by atoms with E-state index in [2.05, 4.69) is 9.97 Å². The summed E-state index contributed by atoms with van der Waals surface area (Å²) in [6.45, 7) is 0. The van der Waals surface area contributed by atoms with Crippen LogP contribution in [0.25, 0.3) is 21.6 Å². The van der Waals surface area contributed by atoms with Gasteiger partial charge >= 0.3 is 5.00 Å². The summed E-state index contributed by atoms with van der Waals surface area (Å²) in [5.74, 6) is 0.404. The van der Waals surface area contributed by atoms with E-state index in [0.717, 1.165) is 16.7 Å². The first-order chi connectivity index (χ1) is 9.15. The van der Waals surface area contributed by atoms with Crippen molar-refractivity contribution in [1.82, 2.24) is 9.97 Å². The lowest BCUT2D eigenvalue weighted by Crippen LogP contribution is -1.89. The van der Waals surface area contributed by atoms with E-state index in [1.54, 1.807) is 6.07 Å². The molecule has 0 bridgehead atoms. The molecular weight excluding hydrogens is 286 g/mol. The molecule has 0 fully saturated rings. The Labute approximate surface area is 116 Å². The number of thiophene rings is 1. The second-order valence-electron chi connectivity index (χ2n) is 3.75. The highest BCUT2D eigenvalue weighted by atomic mass is 35.5. The zero-order valence-electron chi connectivity index (χ0n) is 9.41. The molecule has 0 unspecified atom stereocenters. The maximum Gasteiger partial charge on any atom is 0.324 e. The van der Waals surface area contributed by atoms with Crippen LogP contribution in [0.5, 0.6) is 0 Å². The van der Waals surface area contributed by atoms with E-state index in [1.165, 1.54) is 6.07 Å². The Bertz CT molecular complexity index is 787. The van der Waals surface area contributed by atoms with E-state index in [9.17, 15) is 10.1 Å². The topological polar surface area (TPSA) is 68.9 Å². The number of para-hydroxylation sites is 1. The number of halogens is 1. The molecule has 0 aliphatic carbocycles. The normalized spacial score (nSPS) is 10.8. The summed E-state index contributed by atoms with van der Waals surface area (Å²) in [5, 5.41) is 11.8. The molecule has 2 aromatic heterocycles. The predicted octanol–water partition coefficient (Wildman–Crippen LogP) is 3.92. The largest absolute Gasteiger partial charge is 0.324 e. The first kappa shape index (κ1) is 12.0. The third kappa shape index (κ3) is 2.16. The number of hydrogen-bond donors (Lipinski definition) is 0. The van der Waals surface area contributed by atoms with Crippen LogP contribution in [0.1, 0.15) is 0 Å². The molecule has 7 heteroatoms. The summed E-state index contributed by atoms with van der Waals surface area (Å²) in [5.41, 5.74) is 0.716. The molecule has 2 heterocycles. The van der Waals surface area contributed by atoms with Gasteiger partial charge in [0.1, 0.15) is 5.15 Å². The molecule has 5 nitrogen and oxygen atoms in total. The molecule has 0 N–H and O–H groups in total. The maximum atomic E-state index is 10.7. The number of hydrogen-bond acceptors (Lipinski definition) is 5. The molecule has 0 amide bonds. The fourth-order valence-electron chi connectivity index (χ4n) is 1.69. The van der Waals surface area contributed by atoms with Gasteiger partial charge in [0.15, 0.2) is 5.82 Å². The molecule has 3 aromatic rings. The number of fused-ring (bicyclic) bond motifs is 1. The molecule has 19 heavy (non-hydrogen) atoms. The Hall–Kier alpha value is -2.05. The first-order valence-corrected chi connectivity index (χ1v) is 6.51. The molecule has 0 aliphatic heterocycles. The molecule has 3 rings (SSSR count). The van der Waals surface area contributed by atoms with Crippen molar-refractivity contribution in [3.63, 3.8) is 0 Å². The smallest absolute Gasteiger partial charge is 0.258 e. The standard InChI is InChI=1S/C12H6ClN3O2S/c13-11-7-3-1-2-4-8(7)14-12(15-11)9-5-6-10(19-9)16(17)18/h1-6H. The molecule has 1 aromatic carbocycles. The Morgan fingerprint density at radius 2 is 1.95 bits per heavy atom. The first-order valence-electron chi connectivity index (χ1n) is 5.32. The van der Waals surface area contributed by atoms with Crippen LogP contribution in [-0.2, 0) is 0 Å². The molecule has 0 atom stereocenters. The summed E-state index contributed by atoms with van der Waals surface area (Å²) in [4.78, 5) is 19.4. The highest BCUT2D eigenvalue weighted by Gasteiger charge is 2.14. The molecule has 94 valence electrons. The number of nitro groups is 1. The van der Waals surface area contributed by atoms with E-state index in [1.807, 2.05) is 24.3 Å². The van der Waals surface area contributed by atoms with Crippen molar-refractivity contribution in [3.05, 3.63) is 51.7 Å². The van der Waals surface area contributed by atoms with Crippen molar-refractivity contribution in [2.75, 3.05) is 0 Å². The van der Waals surface area contributed by atoms with Crippen LogP contribution in [0.4, 0.5) is 5.00 Å². The van der Waals surface area contributed by atoms with Crippen LogP contribution >= 0.6 is 22.9 Å². The second-order valence-corrected chi connectivity index (χ2v) is 5.17. The van der Waals surface area contributed by atoms with Gasteiger partial charge in [-0.3, -0.25) is 10.1 Å². The SMILES string of the molecule is O=[N+]([O-])c1ccc(-c2nc(Cl)c3ccccc3n2)s1. The van der Waals surface area contributed by atoms with Gasteiger partial charge in [-0.15, -0.1) is 0 Å². The van der Waals surface area contributed by atoms with Crippen molar-refractivity contribution in [2.45, 2.75) is 0 Å². The Kier molecular flexibility index (Phi) is 2.88. The molecule has 0 aliphatic rings. The summed E-state index contributed by atoms with van der Waals surface area (Å²) < 4.78 is 0. The lowest BCUT2D eigenvalue weighted by molar-refractivity contribution is -0.380.